The van der Waals surface area contributed by atoms with E-state index in [1.165, 1.54) is 29.1 Å². The first kappa shape index (κ1) is 78.8. The normalized spacial score (nSPS) is 11.0. The zero-order valence-electron chi connectivity index (χ0n) is 36.8. The second kappa shape index (κ2) is 35.8. The van der Waals surface area contributed by atoms with Gasteiger partial charge in [0.05, 0.1) is 45.9 Å². The third kappa shape index (κ3) is 26.3. The quantitative estimate of drug-likeness (QED) is 0.0110. The van der Waals surface area contributed by atoms with E-state index < -0.39 is 112 Å². The average molecular weight is 1470 g/mol. The van der Waals surface area contributed by atoms with Crippen LogP contribution in [-0.4, -0.2) is 98.9 Å². The van der Waals surface area contributed by atoms with E-state index in [-0.39, 0.29) is 214 Å². The number of hydrogen-bond acceptors (Lipinski definition) is 26. The van der Waals surface area contributed by atoms with E-state index >= 15 is 0 Å². The maximum Gasteiger partial charge on any atom is 1.00 e. The van der Waals surface area contributed by atoms with Gasteiger partial charge in [-0.2, -0.15) is 28.3 Å². The molecule has 1 amide bonds. The Balaban J connectivity index is -0.00000167. The van der Waals surface area contributed by atoms with Crippen molar-refractivity contribution in [1.29, 1.82) is 0 Å². The number of carbonyl (C=O) groups is 1. The number of halogens is 4. The Kier molecular flexibility index (Phi) is 39.2. The predicted octanol–water partition coefficient (Wildman–Crippen LogP) is -13.4. The summed E-state index contributed by atoms with van der Waals surface area (Å²) in [7, 11) is -23.1. The van der Waals surface area contributed by atoms with Crippen LogP contribution in [-0.2, 0) is 88.0 Å². The smallest absolute Gasteiger partial charge is 1.00 e. The molecule has 28 nitrogen and oxygen atoms in total. The van der Waals surface area contributed by atoms with Crippen molar-refractivity contribution in [3.05, 3.63) is 83.9 Å². The molecule has 0 unspecified atom stereocenters. The van der Waals surface area contributed by atoms with Crippen LogP contribution in [0.15, 0.2) is 102 Å². The second-order valence-corrected chi connectivity index (χ2v) is 22.0. The summed E-state index contributed by atoms with van der Waals surface area (Å²) < 4.78 is 160. The number of primary amides is 1. The molecule has 0 aliphatic carbocycles. The fraction of sp³-hybridized carbons (Fsp3) is 0.0690. The molecular weight excluding hydrogens is 1450 g/mol. The van der Waals surface area contributed by atoms with Crippen LogP contribution >= 0.6 is 47.2 Å². The first-order valence-corrected chi connectivity index (χ1v) is 31.6. The Morgan fingerprint density at radius 1 is 0.833 bits per heavy atom. The zero-order chi connectivity index (χ0) is 49.8. The number of hydrogen-bond donors (Lipinski definition) is 4. The van der Waals surface area contributed by atoms with E-state index in [1.54, 1.807) is 0 Å². The van der Waals surface area contributed by atoms with Crippen molar-refractivity contribution < 1.29 is 237 Å². The van der Waals surface area contributed by atoms with Crippen molar-refractivity contribution in [2.75, 3.05) is 29.1 Å². The van der Waals surface area contributed by atoms with Crippen molar-refractivity contribution in [3.63, 3.8) is 0 Å². The van der Waals surface area contributed by atoms with E-state index in [9.17, 15) is 52.1 Å². The summed E-state index contributed by atoms with van der Waals surface area (Å²) >= 11 is 8.21. The molecule has 43 heteroatoms. The number of nitrogens with two attached hydrogens (primary N) is 3. The van der Waals surface area contributed by atoms with Gasteiger partial charge in [-0.25, -0.2) is 38.2 Å². The Morgan fingerprint density at radius 2 is 1.38 bits per heavy atom. The van der Waals surface area contributed by atoms with E-state index in [0.29, 0.717) is 6.07 Å². The fourth-order valence-electron chi connectivity index (χ4n) is 4.54. The van der Waals surface area contributed by atoms with E-state index in [1.807, 2.05) is 0 Å². The van der Waals surface area contributed by atoms with Crippen molar-refractivity contribution in [1.82, 2.24) is 15.0 Å². The van der Waals surface area contributed by atoms with Gasteiger partial charge in [0, 0.05) is 44.0 Å². The van der Waals surface area contributed by atoms with E-state index in [0.717, 1.165) is 36.4 Å². The summed E-state index contributed by atoms with van der Waals surface area (Å²) in [6, 6.07) is 11.7. The minimum Gasteiger partial charge on any atom is -1.00 e. The number of anilines is 4. The molecule has 0 saturated carbocycles. The number of benzene rings is 3. The molecule has 5 aromatic rings. The van der Waals surface area contributed by atoms with Gasteiger partial charge >= 0.3 is 187 Å². The molecule has 0 saturated heterocycles. The minimum absolute atomic E-state index is 0. The minimum atomic E-state index is -5.39. The molecule has 0 aliphatic heterocycles. The van der Waals surface area contributed by atoms with Gasteiger partial charge in [0.2, 0.25) is 16.3 Å². The number of sulfone groups is 1. The number of carbonyl (C=O) groups excluding carboxylic acids is 1. The molecule has 2 heterocycles. The summed E-state index contributed by atoms with van der Waals surface area (Å²) in [5.41, 5.74) is 18.9. The predicted molar refractivity (Wildman–Crippen MR) is 242 cm³/mol. The Bertz CT molecular complexity index is 3300. The number of azo groups is 2. The number of amides is 1. The van der Waals surface area contributed by atoms with Crippen molar-refractivity contribution in [2.45, 2.75) is 14.7 Å². The maximum absolute atomic E-state index is 12.4. The first-order valence-electron chi connectivity index (χ1n) is 16.3. The number of nitrogens with one attached hydrogen (secondary N) is 1. The van der Waals surface area contributed by atoms with Crippen LogP contribution in [0.3, 0.4) is 0 Å². The SMILES string of the molecule is NC(=O)c1cc[n+](-c2nc(Cl)nc(Nc3ccc(S(=O)(=O)[O-])c(N=Nc4cc(S(=O)(=O)[O-])c(N)c(N=Nc5[c-]cc(S(=O)(=O)CCOS(=O)(=O)[O-])cc5)c4N)c3)n2)cc1.O=S(=O)=O.[B][IH]I.[Cl-].[Na+].[Na+].[Na+].[Na+].[Y]. The molecule has 5 rings (SSSR count). The maximum atomic E-state index is 12.4. The van der Waals surface area contributed by atoms with Crippen LogP contribution in [0.25, 0.3) is 5.95 Å². The standard InChI is InChI=1S/C29H25ClN12O13S4.BHI2.ClH.4Na.O3S.Y/c30-27-35-28(37-29(36-27)42-9-7-15(8-10-42)26(33)43)34-17-3-6-21(57(46,47)48)19(13-17)39-40-20-14-22(58(49,50)51)24(32)25(23(20)31)41-38-16-1-4-18(5-2-16)56(44,45)12-11-55-59(52,53)54;1-3-2;;;;;;1-4(2)3;/h1,3-10,13-14H,11-12,31-32H2,(H2,33,43)(H,46,47,48)(H,49,50,51)(H,52,53,54)(H,34,35,36,37);3H;1H;;;;;;/q;;;4*+1;;/p-4. The molecule has 3 aromatic carbocycles. The number of nitrogen functional groups attached to an aromatic ring is 2. The van der Waals surface area contributed by atoms with Crippen LogP contribution in [0.4, 0.5) is 45.8 Å². The van der Waals surface area contributed by atoms with Crippen LogP contribution in [0.2, 0.25) is 5.28 Å². The number of aromatic nitrogens is 4. The molecule has 2 aromatic heterocycles. The van der Waals surface area contributed by atoms with Crippen LogP contribution in [0.1, 0.15) is 10.4 Å². The summed E-state index contributed by atoms with van der Waals surface area (Å²) in [5.74, 6) is -1.82. The number of rotatable bonds is 15. The third-order valence-corrected chi connectivity index (χ3v) is 11.3. The summed E-state index contributed by atoms with van der Waals surface area (Å²) in [4.78, 5) is 21.1. The van der Waals surface area contributed by atoms with Gasteiger partial charge in [0.15, 0.2) is 0 Å². The van der Waals surface area contributed by atoms with Gasteiger partial charge in [0.1, 0.15) is 47.1 Å². The fourth-order valence-corrected chi connectivity index (χ4v) is 7.36. The second-order valence-electron chi connectivity index (χ2n) is 11.5. The van der Waals surface area contributed by atoms with Crippen molar-refractivity contribution in [2.24, 2.45) is 26.2 Å². The van der Waals surface area contributed by atoms with Crippen molar-refractivity contribution in [3.8, 4) is 5.95 Å². The first-order chi connectivity index (χ1) is 30.6. The zero-order valence-corrected chi connectivity index (χ0v) is 57.8. The van der Waals surface area contributed by atoms with Crippen molar-refractivity contribution >= 4 is 156 Å². The van der Waals surface area contributed by atoms with Crippen LogP contribution < -0.4 is 158 Å². The molecule has 0 fully saturated rings. The third-order valence-electron chi connectivity index (χ3n) is 7.24. The summed E-state index contributed by atoms with van der Waals surface area (Å²) in [5, 5.41) is 17.5. The molecule has 0 atom stereocenters. The van der Waals surface area contributed by atoms with E-state index in [2.05, 4.69) is 69.6 Å². The molecule has 3 radical (unpaired) electrons. The molecule has 0 spiro atoms. The van der Waals surface area contributed by atoms with Gasteiger partial charge in [-0.3, -0.25) is 8.98 Å². The van der Waals surface area contributed by atoms with Crippen LogP contribution in [0.5, 0.6) is 0 Å². The monoisotopic (exact) mass is 1470 g/mol. The molecule has 7 N–H and O–H groups in total. The van der Waals surface area contributed by atoms with Gasteiger partial charge < -0.3 is 48.6 Å². The molecule has 0 bridgehead atoms. The molecule has 72 heavy (non-hydrogen) atoms. The van der Waals surface area contributed by atoms with Crippen LogP contribution in [0, 0.1) is 6.07 Å². The van der Waals surface area contributed by atoms with Gasteiger partial charge in [0.25, 0.3) is 0 Å². The Morgan fingerprint density at radius 3 is 1.86 bits per heavy atom. The topological polar surface area (TPSA) is 465 Å². The molecule has 0 aliphatic rings. The van der Waals surface area contributed by atoms with Gasteiger partial charge in [-0.1, -0.05) is 0 Å². The molecular formula is C29H23BCl2I2N12Na4O16S5Y. The Labute approximate surface area is 557 Å². The van der Waals surface area contributed by atoms with Gasteiger partial charge in [-0.05, 0) is 68.5 Å². The largest absolute Gasteiger partial charge is 1.00 e. The van der Waals surface area contributed by atoms with E-state index in [4.69, 9.17) is 47.1 Å². The molecule has 363 valence electrons. The summed E-state index contributed by atoms with van der Waals surface area (Å²) in [6.45, 7) is -0.961. The number of nitrogens with zero attached hydrogens (tertiary/aromatic N) is 8. The summed E-state index contributed by atoms with van der Waals surface area (Å²) in [6.07, 6.45) is 2.81. The number of pyridine rings is 1. The van der Waals surface area contributed by atoms with Gasteiger partial charge in [-0.15, -0.1) is 34.0 Å². The average Bonchev–Trinajstić information content (AvgIpc) is 3.19. The Hall–Kier alpha value is 0.359.